The van der Waals surface area contributed by atoms with Gasteiger partial charge in [0.05, 0.1) is 10.7 Å². The van der Waals surface area contributed by atoms with E-state index in [1.54, 1.807) is 11.3 Å². The zero-order valence-corrected chi connectivity index (χ0v) is 9.76. The number of hydroxylamine groups is 1. The average molecular weight is 230 g/mol. The van der Waals surface area contributed by atoms with E-state index in [2.05, 4.69) is 29.1 Å². The van der Waals surface area contributed by atoms with E-state index >= 15 is 0 Å². The zero-order chi connectivity index (χ0) is 11.3. The third-order valence-corrected chi connectivity index (χ3v) is 2.78. The molecule has 1 N–H and O–H groups in total. The molecule has 1 aromatic rings. The summed E-state index contributed by atoms with van der Waals surface area (Å²) < 4.78 is 4.78. The quantitative estimate of drug-likeness (QED) is 0.633. The minimum Gasteiger partial charge on any atom is -0.427 e. The Labute approximate surface area is 92.4 Å². The lowest BCUT2D eigenvalue weighted by Crippen LogP contribution is -2.16. The molecule has 6 heteroatoms. The second-order valence-corrected chi connectivity index (χ2v) is 4.07. The third kappa shape index (κ3) is 3.85. The molecular weight excluding hydrogens is 216 g/mol. The highest BCUT2D eigenvalue weighted by atomic mass is 32.1. The van der Waals surface area contributed by atoms with Crippen LogP contribution in [0.25, 0.3) is 0 Å². The predicted molar refractivity (Wildman–Crippen MR) is 56.5 cm³/mol. The lowest BCUT2D eigenvalue weighted by molar-refractivity contribution is 0.0192. The zero-order valence-electron chi connectivity index (χ0n) is 8.94. The van der Waals surface area contributed by atoms with E-state index in [-0.39, 0.29) is 6.61 Å². The van der Waals surface area contributed by atoms with E-state index in [9.17, 15) is 4.79 Å². The number of nitrogens with zero attached hydrogens (tertiary/aromatic N) is 1. The van der Waals surface area contributed by atoms with Crippen LogP contribution in [0.15, 0.2) is 5.38 Å². The topological polar surface area (TPSA) is 60.5 Å². The van der Waals surface area contributed by atoms with Crippen molar-refractivity contribution in [3.8, 4) is 0 Å². The fourth-order valence-electron chi connectivity index (χ4n) is 0.900. The number of ether oxygens (including phenoxy) is 1. The Morgan fingerprint density at radius 2 is 2.40 bits per heavy atom. The van der Waals surface area contributed by atoms with Gasteiger partial charge in [-0.1, -0.05) is 13.8 Å². The number of hydrogen-bond donors (Lipinski definition) is 1. The number of carbonyl (C=O) groups is 1. The van der Waals surface area contributed by atoms with Gasteiger partial charge in [-0.3, -0.25) is 0 Å². The highest BCUT2D eigenvalue weighted by Gasteiger charge is 2.08. The van der Waals surface area contributed by atoms with Crippen molar-refractivity contribution in [2.75, 3.05) is 7.05 Å². The summed E-state index contributed by atoms with van der Waals surface area (Å²) in [5.41, 5.74) is 2.98. The Morgan fingerprint density at radius 3 is 2.93 bits per heavy atom. The lowest BCUT2D eigenvalue weighted by atomic mass is 10.2. The van der Waals surface area contributed by atoms with Crippen LogP contribution >= 0.6 is 11.3 Å². The van der Waals surface area contributed by atoms with Crippen LogP contribution in [0.4, 0.5) is 4.79 Å². The largest absolute Gasteiger partial charge is 0.528 e. The molecule has 5 nitrogen and oxygen atoms in total. The molecule has 84 valence electrons. The molecule has 0 saturated heterocycles. The molecule has 0 unspecified atom stereocenters. The van der Waals surface area contributed by atoms with Crippen molar-refractivity contribution < 1.29 is 14.4 Å². The smallest absolute Gasteiger partial charge is 0.427 e. The summed E-state index contributed by atoms with van der Waals surface area (Å²) in [4.78, 5) is 19.5. The van der Waals surface area contributed by atoms with Gasteiger partial charge in [-0.15, -0.1) is 11.3 Å². The second kappa shape index (κ2) is 5.67. The van der Waals surface area contributed by atoms with Gasteiger partial charge in [0.1, 0.15) is 6.61 Å². The van der Waals surface area contributed by atoms with E-state index in [0.29, 0.717) is 5.92 Å². The Balaban J connectivity index is 2.41. The van der Waals surface area contributed by atoms with Gasteiger partial charge in [0, 0.05) is 18.3 Å². The predicted octanol–water partition coefficient (Wildman–Crippen LogP) is 2.05. The maximum Gasteiger partial charge on any atom is 0.528 e. The van der Waals surface area contributed by atoms with Gasteiger partial charge in [0.2, 0.25) is 0 Å². The summed E-state index contributed by atoms with van der Waals surface area (Å²) in [6, 6.07) is 0. The molecule has 15 heavy (non-hydrogen) atoms. The minimum atomic E-state index is -0.753. The van der Waals surface area contributed by atoms with Gasteiger partial charge in [0.15, 0.2) is 0 Å². The van der Waals surface area contributed by atoms with Gasteiger partial charge in [0.25, 0.3) is 0 Å². The Hall–Kier alpha value is -1.14. The summed E-state index contributed by atoms with van der Waals surface area (Å²) in [5.74, 6) is 0.396. The number of hydrogen-bond acceptors (Lipinski definition) is 6. The van der Waals surface area contributed by atoms with Crippen LogP contribution in [0.5, 0.6) is 0 Å². The van der Waals surface area contributed by atoms with Crippen LogP contribution in [-0.2, 0) is 16.2 Å². The van der Waals surface area contributed by atoms with E-state index < -0.39 is 6.16 Å². The van der Waals surface area contributed by atoms with E-state index in [1.807, 2.05) is 5.38 Å². The molecule has 1 aromatic heterocycles. The van der Waals surface area contributed by atoms with Crippen molar-refractivity contribution in [3.63, 3.8) is 0 Å². The fourth-order valence-corrected chi connectivity index (χ4v) is 1.72. The SMILES string of the molecule is CNOC(=O)OCc1csc(C(C)C)n1. The second-order valence-electron chi connectivity index (χ2n) is 3.18. The van der Waals surface area contributed by atoms with Crippen LogP contribution in [0.3, 0.4) is 0 Å². The highest BCUT2D eigenvalue weighted by Crippen LogP contribution is 2.19. The molecule has 0 aliphatic carbocycles. The highest BCUT2D eigenvalue weighted by molar-refractivity contribution is 7.09. The molecule has 0 aliphatic heterocycles. The molecule has 0 aromatic carbocycles. The fraction of sp³-hybridized carbons (Fsp3) is 0.556. The molecule has 0 spiro atoms. The first-order valence-corrected chi connectivity index (χ1v) is 5.46. The van der Waals surface area contributed by atoms with Gasteiger partial charge < -0.3 is 9.57 Å². The molecule has 0 radical (unpaired) electrons. The molecule has 1 rings (SSSR count). The van der Waals surface area contributed by atoms with Crippen molar-refractivity contribution in [1.82, 2.24) is 10.5 Å². The van der Waals surface area contributed by atoms with Gasteiger partial charge in [-0.25, -0.2) is 9.78 Å². The van der Waals surface area contributed by atoms with Crippen molar-refractivity contribution in [1.29, 1.82) is 0 Å². The summed E-state index contributed by atoms with van der Waals surface area (Å²) in [7, 11) is 1.49. The summed E-state index contributed by atoms with van der Waals surface area (Å²) in [6.07, 6.45) is -0.753. The lowest BCUT2D eigenvalue weighted by Gasteiger charge is -2.01. The Kier molecular flexibility index (Phi) is 4.51. The van der Waals surface area contributed by atoms with E-state index in [4.69, 9.17) is 4.74 Å². The number of carbonyl (C=O) groups excluding carboxylic acids is 1. The van der Waals surface area contributed by atoms with Crippen molar-refractivity contribution in [2.45, 2.75) is 26.4 Å². The van der Waals surface area contributed by atoms with Crippen LogP contribution < -0.4 is 5.48 Å². The van der Waals surface area contributed by atoms with E-state index in [1.165, 1.54) is 7.05 Å². The van der Waals surface area contributed by atoms with Crippen molar-refractivity contribution in [3.05, 3.63) is 16.1 Å². The molecule has 0 atom stereocenters. The van der Waals surface area contributed by atoms with Crippen molar-refractivity contribution in [2.24, 2.45) is 0 Å². The minimum absolute atomic E-state index is 0.143. The monoisotopic (exact) mass is 230 g/mol. The van der Waals surface area contributed by atoms with Crippen LogP contribution in [-0.4, -0.2) is 18.2 Å². The summed E-state index contributed by atoms with van der Waals surface area (Å²) in [6.45, 7) is 4.28. The average Bonchev–Trinajstić information content (AvgIpc) is 2.63. The van der Waals surface area contributed by atoms with Crippen LogP contribution in [0, 0.1) is 0 Å². The first-order valence-electron chi connectivity index (χ1n) is 4.58. The third-order valence-electron chi connectivity index (χ3n) is 1.59. The molecule has 0 fully saturated rings. The molecule has 0 bridgehead atoms. The molecule has 1 heterocycles. The van der Waals surface area contributed by atoms with Crippen LogP contribution in [0.1, 0.15) is 30.5 Å². The van der Waals surface area contributed by atoms with Gasteiger partial charge in [-0.05, 0) is 0 Å². The molecular formula is C9H14N2O3S. The van der Waals surface area contributed by atoms with E-state index in [0.717, 1.165) is 10.7 Å². The maximum absolute atomic E-state index is 10.8. The first-order chi connectivity index (χ1) is 7.13. The normalized spacial score (nSPS) is 10.4. The standard InChI is InChI=1S/C9H14N2O3S/c1-6(2)8-11-7(5-15-8)4-13-9(12)14-10-3/h5-6,10H,4H2,1-3H3. The number of nitrogens with one attached hydrogen (secondary N) is 1. The number of rotatable bonds is 4. The molecule has 0 amide bonds. The molecule has 0 saturated carbocycles. The van der Waals surface area contributed by atoms with Crippen molar-refractivity contribution >= 4 is 17.5 Å². The first kappa shape index (κ1) is 11.9. The maximum atomic E-state index is 10.8. The molecule has 0 aliphatic rings. The Morgan fingerprint density at radius 1 is 1.67 bits per heavy atom. The van der Waals surface area contributed by atoms with Gasteiger partial charge >= 0.3 is 6.16 Å². The Bertz CT molecular complexity index is 325. The summed E-state index contributed by atoms with van der Waals surface area (Å²) in [5, 5.41) is 2.91. The van der Waals surface area contributed by atoms with Gasteiger partial charge in [-0.2, -0.15) is 5.48 Å². The number of aromatic nitrogens is 1. The number of thiazole rings is 1. The summed E-state index contributed by atoms with van der Waals surface area (Å²) >= 11 is 1.56. The van der Waals surface area contributed by atoms with Crippen LogP contribution in [0.2, 0.25) is 0 Å².